The van der Waals surface area contributed by atoms with E-state index in [4.69, 9.17) is 14.7 Å². The van der Waals surface area contributed by atoms with Gasteiger partial charge in [-0.3, -0.25) is 0 Å². The summed E-state index contributed by atoms with van der Waals surface area (Å²) >= 11 is 0. The second-order valence-corrected chi connectivity index (χ2v) is 6.95. The molecular weight excluding hydrogens is 314 g/mol. The normalized spacial score (nSPS) is 12.1. The van der Waals surface area contributed by atoms with Crippen LogP contribution in [0.4, 0.5) is 0 Å². The van der Waals surface area contributed by atoms with Gasteiger partial charge in [-0.1, -0.05) is 45.0 Å². The van der Waals surface area contributed by atoms with Crippen LogP contribution >= 0.6 is 0 Å². The van der Waals surface area contributed by atoms with Gasteiger partial charge in [0.05, 0.1) is 11.6 Å². The topological polar surface area (TPSA) is 59.3 Å². The van der Waals surface area contributed by atoms with Gasteiger partial charge in [0, 0.05) is 0 Å². The van der Waals surface area contributed by atoms with E-state index in [1.54, 1.807) is 31.2 Å². The Kier molecular flexibility index (Phi) is 5.82. The summed E-state index contributed by atoms with van der Waals surface area (Å²) in [6, 6.07) is 16.7. The maximum atomic E-state index is 12.1. The van der Waals surface area contributed by atoms with Crippen LogP contribution in [0.5, 0.6) is 5.75 Å². The lowest BCUT2D eigenvalue weighted by atomic mass is 9.87. The first-order chi connectivity index (χ1) is 11.8. The Balaban J connectivity index is 1.88. The van der Waals surface area contributed by atoms with Crippen LogP contribution in [0, 0.1) is 11.3 Å². The zero-order chi connectivity index (χ0) is 18.4. The molecule has 0 saturated carbocycles. The molecule has 0 aromatic heterocycles. The van der Waals surface area contributed by atoms with Crippen LogP contribution in [0.1, 0.15) is 44.4 Å². The molecule has 0 aliphatic rings. The van der Waals surface area contributed by atoms with E-state index in [0.717, 1.165) is 5.56 Å². The Morgan fingerprint density at radius 2 is 1.68 bits per heavy atom. The lowest BCUT2D eigenvalue weighted by molar-refractivity contribution is -0.152. The fraction of sp³-hybridized carbons (Fsp3) is 0.333. The van der Waals surface area contributed by atoms with Crippen LogP contribution in [-0.4, -0.2) is 12.1 Å². The van der Waals surface area contributed by atoms with Crippen molar-refractivity contribution in [3.63, 3.8) is 0 Å². The second kappa shape index (κ2) is 7.85. The maximum Gasteiger partial charge on any atom is 0.347 e. The van der Waals surface area contributed by atoms with Crippen molar-refractivity contribution in [1.82, 2.24) is 0 Å². The Bertz CT molecular complexity index is 750. The molecule has 0 bridgehead atoms. The van der Waals surface area contributed by atoms with E-state index in [2.05, 4.69) is 20.8 Å². The standard InChI is InChI=1S/C21H23NO3/c1-15(25-19-11-9-18(10-12-19)21(2,3)4)20(23)24-14-17-7-5-16(13-22)6-8-17/h5-12,15H,14H2,1-4H3/t15-/m1/s1. The summed E-state index contributed by atoms with van der Waals surface area (Å²) in [4.78, 5) is 12.1. The van der Waals surface area contributed by atoms with Crippen LogP contribution in [-0.2, 0) is 21.6 Å². The van der Waals surface area contributed by atoms with Crippen molar-refractivity contribution >= 4 is 5.97 Å². The highest BCUT2D eigenvalue weighted by molar-refractivity contribution is 5.74. The summed E-state index contributed by atoms with van der Waals surface area (Å²) in [5.41, 5.74) is 2.68. The predicted octanol–water partition coefficient (Wildman–Crippen LogP) is 4.37. The third-order valence-electron chi connectivity index (χ3n) is 3.83. The first kappa shape index (κ1) is 18.5. The molecule has 2 aromatic carbocycles. The van der Waals surface area contributed by atoms with Crippen LogP contribution in [0.3, 0.4) is 0 Å². The molecule has 0 aliphatic heterocycles. The van der Waals surface area contributed by atoms with E-state index < -0.39 is 12.1 Å². The number of hydrogen-bond donors (Lipinski definition) is 0. The highest BCUT2D eigenvalue weighted by atomic mass is 16.6. The Morgan fingerprint density at radius 1 is 1.08 bits per heavy atom. The van der Waals surface area contributed by atoms with Gasteiger partial charge in [-0.2, -0.15) is 5.26 Å². The van der Waals surface area contributed by atoms with Gasteiger partial charge in [-0.25, -0.2) is 4.79 Å². The highest BCUT2D eigenvalue weighted by Gasteiger charge is 2.18. The van der Waals surface area contributed by atoms with Crippen LogP contribution in [0.25, 0.3) is 0 Å². The van der Waals surface area contributed by atoms with Gasteiger partial charge in [0.1, 0.15) is 12.4 Å². The summed E-state index contributed by atoms with van der Waals surface area (Å²) in [6.45, 7) is 8.25. The number of rotatable bonds is 5. The average molecular weight is 337 g/mol. The summed E-state index contributed by atoms with van der Waals surface area (Å²) in [5.74, 6) is 0.208. The van der Waals surface area contributed by atoms with Crippen LogP contribution in [0.15, 0.2) is 48.5 Å². The lowest BCUT2D eigenvalue weighted by Gasteiger charge is -2.20. The number of benzene rings is 2. The summed E-state index contributed by atoms with van der Waals surface area (Å²) in [6.07, 6.45) is -0.695. The summed E-state index contributed by atoms with van der Waals surface area (Å²) in [5, 5.41) is 8.77. The van der Waals surface area contributed by atoms with Crippen LogP contribution in [0.2, 0.25) is 0 Å². The fourth-order valence-corrected chi connectivity index (χ4v) is 2.23. The van der Waals surface area contributed by atoms with Gasteiger partial charge < -0.3 is 9.47 Å². The molecular formula is C21H23NO3. The number of ether oxygens (including phenoxy) is 2. The van der Waals surface area contributed by atoms with Crippen molar-refractivity contribution in [3.05, 3.63) is 65.2 Å². The second-order valence-electron chi connectivity index (χ2n) is 6.95. The number of nitrogens with zero attached hydrogens (tertiary/aromatic N) is 1. The number of carbonyl (C=O) groups is 1. The molecule has 0 spiro atoms. The molecule has 4 heteroatoms. The van der Waals surface area contributed by atoms with E-state index in [1.165, 1.54) is 5.56 Å². The molecule has 4 nitrogen and oxygen atoms in total. The van der Waals surface area contributed by atoms with Crippen molar-refractivity contribution in [3.8, 4) is 11.8 Å². The molecule has 0 N–H and O–H groups in total. The Hall–Kier alpha value is -2.80. The monoisotopic (exact) mass is 337 g/mol. The first-order valence-electron chi connectivity index (χ1n) is 8.22. The van der Waals surface area contributed by atoms with E-state index in [0.29, 0.717) is 11.3 Å². The van der Waals surface area contributed by atoms with Crippen molar-refractivity contribution in [2.45, 2.75) is 45.8 Å². The van der Waals surface area contributed by atoms with E-state index in [1.807, 2.05) is 30.3 Å². The molecule has 1 atom stereocenters. The third kappa shape index (κ3) is 5.36. The van der Waals surface area contributed by atoms with Gasteiger partial charge in [-0.15, -0.1) is 0 Å². The number of carbonyl (C=O) groups excluding carboxylic acids is 1. The molecule has 2 rings (SSSR count). The largest absolute Gasteiger partial charge is 0.479 e. The zero-order valence-electron chi connectivity index (χ0n) is 15.1. The van der Waals surface area contributed by atoms with Crippen LogP contribution < -0.4 is 4.74 Å². The molecule has 0 fully saturated rings. The average Bonchev–Trinajstić information content (AvgIpc) is 2.59. The van der Waals surface area contributed by atoms with Gasteiger partial charge in [0.15, 0.2) is 6.10 Å². The van der Waals surface area contributed by atoms with E-state index in [-0.39, 0.29) is 12.0 Å². The molecule has 0 radical (unpaired) electrons. The third-order valence-corrected chi connectivity index (χ3v) is 3.83. The molecule has 0 saturated heterocycles. The number of esters is 1. The Morgan fingerprint density at radius 3 is 2.20 bits per heavy atom. The minimum atomic E-state index is -0.695. The predicted molar refractivity (Wildman–Crippen MR) is 96.2 cm³/mol. The lowest BCUT2D eigenvalue weighted by Crippen LogP contribution is -2.26. The smallest absolute Gasteiger partial charge is 0.347 e. The highest BCUT2D eigenvalue weighted by Crippen LogP contribution is 2.24. The number of hydrogen-bond acceptors (Lipinski definition) is 4. The summed E-state index contributed by atoms with van der Waals surface area (Å²) in [7, 11) is 0. The fourth-order valence-electron chi connectivity index (χ4n) is 2.23. The van der Waals surface area contributed by atoms with Gasteiger partial charge in [-0.05, 0) is 47.7 Å². The van der Waals surface area contributed by atoms with Gasteiger partial charge in [0.25, 0.3) is 0 Å². The van der Waals surface area contributed by atoms with E-state index in [9.17, 15) is 4.79 Å². The molecule has 0 heterocycles. The van der Waals surface area contributed by atoms with Gasteiger partial charge in [0.2, 0.25) is 0 Å². The van der Waals surface area contributed by atoms with Crippen molar-refractivity contribution < 1.29 is 14.3 Å². The van der Waals surface area contributed by atoms with Gasteiger partial charge >= 0.3 is 5.97 Å². The Labute approximate surface area is 149 Å². The SMILES string of the molecule is C[C@@H](Oc1ccc(C(C)(C)C)cc1)C(=O)OCc1ccc(C#N)cc1. The minimum absolute atomic E-state index is 0.0736. The van der Waals surface area contributed by atoms with Crippen molar-refractivity contribution in [2.24, 2.45) is 0 Å². The minimum Gasteiger partial charge on any atom is -0.479 e. The molecule has 2 aromatic rings. The summed E-state index contributed by atoms with van der Waals surface area (Å²) < 4.78 is 10.9. The number of nitriles is 1. The molecule has 0 amide bonds. The van der Waals surface area contributed by atoms with Crippen molar-refractivity contribution in [1.29, 1.82) is 5.26 Å². The first-order valence-corrected chi connectivity index (χ1v) is 8.22. The molecule has 0 aliphatic carbocycles. The zero-order valence-corrected chi connectivity index (χ0v) is 15.1. The maximum absolute atomic E-state index is 12.1. The van der Waals surface area contributed by atoms with Crippen molar-refractivity contribution in [2.75, 3.05) is 0 Å². The molecule has 0 unspecified atom stereocenters. The van der Waals surface area contributed by atoms with E-state index >= 15 is 0 Å². The molecule has 25 heavy (non-hydrogen) atoms. The quantitative estimate of drug-likeness (QED) is 0.760. The molecule has 130 valence electrons.